The largest absolute Gasteiger partial charge is 0.434 e. The Bertz CT molecular complexity index is 1320. The van der Waals surface area contributed by atoms with Crippen LogP contribution in [0, 0.1) is 11.8 Å². The topological polar surface area (TPSA) is 151 Å². The van der Waals surface area contributed by atoms with E-state index in [4.69, 9.17) is 0 Å². The quantitative estimate of drug-likeness (QED) is 0.133. The first-order valence-electron chi connectivity index (χ1n) is 15.7. The van der Waals surface area contributed by atoms with Crippen LogP contribution in [-0.2, 0) is 29.1 Å². The van der Waals surface area contributed by atoms with Crippen LogP contribution in [0.25, 0.3) is 0 Å². The van der Waals surface area contributed by atoms with Crippen LogP contribution in [0.1, 0.15) is 92.9 Å². The lowest BCUT2D eigenvalue weighted by Gasteiger charge is -2.34. The van der Waals surface area contributed by atoms with Gasteiger partial charge in [0.2, 0.25) is 27.4 Å². The highest BCUT2D eigenvalue weighted by molar-refractivity contribution is 14.1. The summed E-state index contributed by atoms with van der Waals surface area (Å²) in [6.45, 7) is 8.59. The number of likely N-dealkylation sites (tertiary alicyclic amines) is 1. The lowest BCUT2D eigenvalue weighted by atomic mass is 9.93. The molecule has 2 aliphatic carbocycles. The van der Waals surface area contributed by atoms with Crippen molar-refractivity contribution in [1.82, 2.24) is 20.3 Å². The normalized spacial score (nSPS) is 26.5. The molecule has 0 aromatic heterocycles. The van der Waals surface area contributed by atoms with E-state index >= 15 is 0 Å². The van der Waals surface area contributed by atoms with E-state index < -0.39 is 79.8 Å². The van der Waals surface area contributed by atoms with Gasteiger partial charge in [-0.05, 0) is 58.8 Å². The molecule has 4 amide bonds. The summed E-state index contributed by atoms with van der Waals surface area (Å²) in [5, 5.41) is 5.10. The van der Waals surface area contributed by atoms with Crippen LogP contribution in [0.5, 0.6) is 0 Å². The molecule has 0 aromatic carbocycles. The monoisotopic (exact) mass is 790 g/mol. The summed E-state index contributed by atoms with van der Waals surface area (Å²) in [5.41, 5.74) is -4.34. The highest BCUT2D eigenvalue weighted by atomic mass is 127. The van der Waals surface area contributed by atoms with Crippen molar-refractivity contribution < 1.29 is 45.5 Å². The van der Waals surface area contributed by atoms with E-state index in [1.54, 1.807) is 26.8 Å². The van der Waals surface area contributed by atoms with Crippen molar-refractivity contribution in [2.24, 2.45) is 11.8 Å². The Morgan fingerprint density at radius 3 is 2.24 bits per heavy atom. The Morgan fingerprint density at radius 1 is 1.11 bits per heavy atom. The van der Waals surface area contributed by atoms with Gasteiger partial charge in [-0.15, -0.1) is 0 Å². The van der Waals surface area contributed by atoms with E-state index in [1.807, 2.05) is 13.0 Å². The fourth-order valence-electron chi connectivity index (χ4n) is 5.54. The number of hydrogen-bond acceptors (Lipinski definition) is 7. The molecule has 5 atom stereocenters. The number of unbranched alkanes of at least 4 members (excludes halogenated alkanes) is 1. The second kappa shape index (κ2) is 14.2. The third-order valence-electron chi connectivity index (χ3n) is 9.35. The third-order valence-corrected chi connectivity index (χ3v) is 12.4. The van der Waals surface area contributed by atoms with Crippen molar-refractivity contribution in [2.45, 2.75) is 131 Å². The number of amides is 4. The minimum atomic E-state index is -4.85. The van der Waals surface area contributed by atoms with E-state index in [2.05, 4.69) is 42.7 Å². The fourth-order valence-corrected chi connectivity index (χ4v) is 7.75. The second-order valence-corrected chi connectivity index (χ2v) is 17.3. The number of hydrogen-bond donors (Lipinski definition) is 3. The van der Waals surface area contributed by atoms with Crippen molar-refractivity contribution in [1.29, 1.82) is 0 Å². The number of alkyl carbamates (subject to hydrolysis) is 1. The van der Waals surface area contributed by atoms with Crippen LogP contribution in [0.3, 0.4) is 0 Å². The molecule has 2 saturated carbocycles. The van der Waals surface area contributed by atoms with Crippen LogP contribution in [-0.4, -0.2) is 81.7 Å². The maximum absolute atomic E-state index is 14.0. The van der Waals surface area contributed by atoms with Gasteiger partial charge in [0.1, 0.15) is 17.6 Å². The number of ether oxygens (including phenoxy) is 1. The Labute approximate surface area is 282 Å². The number of carbonyl (C=O) groups is 4. The third kappa shape index (κ3) is 8.29. The van der Waals surface area contributed by atoms with Crippen molar-refractivity contribution in [3.05, 3.63) is 12.2 Å². The summed E-state index contributed by atoms with van der Waals surface area (Å²) in [6, 6.07) is -2.35. The van der Waals surface area contributed by atoms with Crippen LogP contribution in [0.2, 0.25) is 0 Å². The highest BCUT2D eigenvalue weighted by Gasteiger charge is 2.63. The Hall–Kier alpha value is -2.11. The standard InChI is InChI=1S/C30H46F3IN4O7S/c1-7-10-11-12-19-16-29(19,25(41)37-46(43,44)28(6)13-14-28)36-23(39)21-15-20(34)17-38(21)24(40)22(18(8-2)9-3)35-26(42)45-27(4,5)30(31,32)33/h11-12,18-22H,7-10,13-17H2,1-6H3,(H,35,42)(H,36,39)(H,37,41)/b12-11-/t19-,20-,21+,22+,29-/m1/s1. The van der Waals surface area contributed by atoms with E-state index in [1.165, 1.54) is 4.90 Å². The second-order valence-electron chi connectivity index (χ2n) is 13.3. The van der Waals surface area contributed by atoms with Crippen molar-refractivity contribution in [3.8, 4) is 0 Å². The van der Waals surface area contributed by atoms with Gasteiger partial charge in [0.15, 0.2) is 0 Å². The molecule has 1 heterocycles. The van der Waals surface area contributed by atoms with E-state index in [9.17, 15) is 40.8 Å². The molecule has 3 N–H and O–H groups in total. The number of halogens is 4. The highest BCUT2D eigenvalue weighted by Crippen LogP contribution is 2.47. The molecular weight excluding hydrogens is 744 g/mol. The van der Waals surface area contributed by atoms with Gasteiger partial charge in [0, 0.05) is 16.4 Å². The zero-order valence-corrected chi connectivity index (χ0v) is 30.1. The van der Waals surface area contributed by atoms with Crippen molar-refractivity contribution in [2.75, 3.05) is 6.54 Å². The number of carbonyl (C=O) groups excluding carboxylic acids is 4. The van der Waals surface area contributed by atoms with Crippen LogP contribution >= 0.6 is 22.6 Å². The van der Waals surface area contributed by atoms with Gasteiger partial charge in [0.25, 0.3) is 5.91 Å². The van der Waals surface area contributed by atoms with Gasteiger partial charge in [-0.3, -0.25) is 19.1 Å². The zero-order valence-electron chi connectivity index (χ0n) is 27.1. The van der Waals surface area contributed by atoms with E-state index in [0.717, 1.165) is 12.8 Å². The molecule has 16 heteroatoms. The number of nitrogens with one attached hydrogen (secondary N) is 3. The fraction of sp³-hybridized carbons (Fsp3) is 0.800. The van der Waals surface area contributed by atoms with Gasteiger partial charge in [-0.25, -0.2) is 13.2 Å². The van der Waals surface area contributed by atoms with Gasteiger partial charge in [-0.2, -0.15) is 13.2 Å². The number of nitrogens with zero attached hydrogens (tertiary/aromatic N) is 1. The summed E-state index contributed by atoms with van der Waals surface area (Å²) in [6.07, 6.45) is 0.985. The molecule has 1 aliphatic heterocycles. The predicted molar refractivity (Wildman–Crippen MR) is 173 cm³/mol. The average Bonchev–Trinajstić information content (AvgIpc) is 3.83. The zero-order chi connectivity index (χ0) is 34.9. The van der Waals surface area contributed by atoms with Crippen LogP contribution in [0.15, 0.2) is 12.2 Å². The Morgan fingerprint density at radius 2 is 1.72 bits per heavy atom. The van der Waals surface area contributed by atoms with Crippen molar-refractivity contribution in [3.63, 3.8) is 0 Å². The van der Waals surface area contributed by atoms with Gasteiger partial charge in [0.05, 0.1) is 4.75 Å². The lowest BCUT2D eigenvalue weighted by Crippen LogP contribution is -2.60. The summed E-state index contributed by atoms with van der Waals surface area (Å²) < 4.78 is 71.6. The minimum Gasteiger partial charge on any atom is -0.434 e. The first kappa shape index (κ1) is 38.3. The molecule has 3 fully saturated rings. The Kier molecular flexibility index (Phi) is 11.8. The molecule has 3 rings (SSSR count). The van der Waals surface area contributed by atoms with Gasteiger partial charge >= 0.3 is 12.3 Å². The maximum Gasteiger partial charge on any atom is 0.427 e. The molecule has 1 saturated heterocycles. The Balaban J connectivity index is 1.85. The van der Waals surface area contributed by atoms with E-state index in [0.29, 0.717) is 39.5 Å². The van der Waals surface area contributed by atoms with Crippen LogP contribution < -0.4 is 15.4 Å². The first-order chi connectivity index (χ1) is 21.2. The molecule has 3 aliphatic rings. The number of allylic oxidation sites excluding steroid dienone is 1. The molecule has 262 valence electrons. The summed E-state index contributed by atoms with van der Waals surface area (Å²) in [7, 11) is -3.99. The minimum absolute atomic E-state index is 0.116. The smallest absolute Gasteiger partial charge is 0.427 e. The maximum atomic E-state index is 14.0. The van der Waals surface area contributed by atoms with Gasteiger partial charge in [-0.1, -0.05) is 74.8 Å². The van der Waals surface area contributed by atoms with Crippen LogP contribution in [0.4, 0.5) is 18.0 Å². The molecule has 0 bridgehead atoms. The van der Waals surface area contributed by atoms with Gasteiger partial charge < -0.3 is 20.3 Å². The first-order valence-corrected chi connectivity index (χ1v) is 18.5. The average molecular weight is 791 g/mol. The van der Waals surface area contributed by atoms with Crippen molar-refractivity contribution >= 4 is 56.4 Å². The molecule has 0 unspecified atom stereocenters. The number of sulfonamides is 1. The molecule has 46 heavy (non-hydrogen) atoms. The SMILES string of the molecule is CCC/C=C\[C@@H]1C[C@]1(NC(=O)[C@@H]1C[C@@H](I)CN1C(=O)[C@@H](NC(=O)OC(C)(C)C(F)(F)F)C(CC)CC)C(=O)NS(=O)(=O)C1(C)CC1. The molecule has 11 nitrogen and oxygen atoms in total. The molecule has 0 radical (unpaired) electrons. The number of alkyl halides is 4. The molecular formula is C30H46F3IN4O7S. The summed E-state index contributed by atoms with van der Waals surface area (Å²) in [5.74, 6) is -3.10. The van der Waals surface area contributed by atoms with E-state index in [-0.39, 0.29) is 23.3 Å². The number of rotatable bonds is 14. The lowest BCUT2D eigenvalue weighted by molar-refractivity contribution is -0.244. The molecule has 0 aromatic rings. The molecule has 0 spiro atoms. The summed E-state index contributed by atoms with van der Waals surface area (Å²) >= 11 is 2.09. The predicted octanol–water partition coefficient (Wildman–Crippen LogP) is 4.49. The summed E-state index contributed by atoms with van der Waals surface area (Å²) in [4.78, 5) is 55.3.